The number of aryl methyl sites for hydroxylation is 1. The highest BCUT2D eigenvalue weighted by Crippen LogP contribution is 2.25. The Kier molecular flexibility index (Phi) is 9.58. The van der Waals surface area contributed by atoms with Crippen LogP contribution in [0.4, 0.5) is 10.1 Å². The van der Waals surface area contributed by atoms with Gasteiger partial charge in [-0.2, -0.15) is 0 Å². The van der Waals surface area contributed by atoms with Gasteiger partial charge in [0, 0.05) is 12.6 Å². The molecule has 7 nitrogen and oxygen atoms in total. The lowest BCUT2D eigenvalue weighted by atomic mass is 10.1. The first-order valence-corrected chi connectivity index (χ1v) is 15.1. The van der Waals surface area contributed by atoms with Crippen molar-refractivity contribution in [3.05, 3.63) is 95.8 Å². The van der Waals surface area contributed by atoms with E-state index >= 15 is 0 Å². The normalized spacial score (nSPS) is 14.5. The van der Waals surface area contributed by atoms with Crippen molar-refractivity contribution >= 4 is 27.5 Å². The van der Waals surface area contributed by atoms with Crippen molar-refractivity contribution in [1.82, 2.24) is 10.2 Å². The van der Waals surface area contributed by atoms with E-state index in [1.165, 1.54) is 29.2 Å². The van der Waals surface area contributed by atoms with Crippen LogP contribution in [0.25, 0.3) is 0 Å². The first kappa shape index (κ1) is 29.3. The molecule has 3 aromatic rings. The summed E-state index contributed by atoms with van der Waals surface area (Å²) in [4.78, 5) is 28.6. The number of rotatable bonds is 11. The zero-order valence-corrected chi connectivity index (χ0v) is 23.7. The average Bonchev–Trinajstić information content (AvgIpc) is 3.48. The number of hydrogen-bond acceptors (Lipinski definition) is 4. The zero-order chi connectivity index (χ0) is 28.7. The highest BCUT2D eigenvalue weighted by molar-refractivity contribution is 7.92. The summed E-state index contributed by atoms with van der Waals surface area (Å²) in [7, 11) is -4.11. The summed E-state index contributed by atoms with van der Waals surface area (Å²) in [5.74, 6) is -1.26. The quantitative estimate of drug-likeness (QED) is 0.352. The van der Waals surface area contributed by atoms with E-state index in [-0.39, 0.29) is 23.4 Å². The van der Waals surface area contributed by atoms with Crippen molar-refractivity contribution in [3.8, 4) is 0 Å². The Balaban J connectivity index is 1.67. The van der Waals surface area contributed by atoms with Gasteiger partial charge in [0.15, 0.2) is 0 Å². The second-order valence-corrected chi connectivity index (χ2v) is 12.0. The van der Waals surface area contributed by atoms with Gasteiger partial charge in [0.1, 0.15) is 18.4 Å². The number of nitrogens with zero attached hydrogens (tertiary/aromatic N) is 2. The lowest BCUT2D eigenvalue weighted by Crippen LogP contribution is -2.52. The van der Waals surface area contributed by atoms with Crippen LogP contribution in [0.5, 0.6) is 0 Å². The molecule has 1 N–H and O–H groups in total. The van der Waals surface area contributed by atoms with Crippen LogP contribution in [0.15, 0.2) is 83.8 Å². The molecule has 1 aliphatic carbocycles. The second-order valence-electron chi connectivity index (χ2n) is 10.2. The predicted octanol–water partition coefficient (Wildman–Crippen LogP) is 5.06. The molecule has 0 radical (unpaired) electrons. The molecule has 0 aliphatic heterocycles. The van der Waals surface area contributed by atoms with Crippen LogP contribution in [0.1, 0.15) is 50.7 Å². The fourth-order valence-electron chi connectivity index (χ4n) is 4.91. The van der Waals surface area contributed by atoms with Crippen molar-refractivity contribution in [3.63, 3.8) is 0 Å². The Morgan fingerprint density at radius 2 is 1.52 bits per heavy atom. The average molecular weight is 566 g/mol. The van der Waals surface area contributed by atoms with E-state index in [1.807, 2.05) is 19.1 Å². The molecule has 9 heteroatoms. The van der Waals surface area contributed by atoms with Gasteiger partial charge in [0.25, 0.3) is 10.0 Å². The topological polar surface area (TPSA) is 86.8 Å². The summed E-state index contributed by atoms with van der Waals surface area (Å²) in [6.07, 6.45) is 4.65. The fraction of sp³-hybridized carbons (Fsp3) is 0.355. The van der Waals surface area contributed by atoms with Crippen LogP contribution < -0.4 is 9.62 Å². The van der Waals surface area contributed by atoms with E-state index in [0.717, 1.165) is 42.0 Å². The molecule has 212 valence electrons. The summed E-state index contributed by atoms with van der Waals surface area (Å²) in [5, 5.41) is 3.04. The van der Waals surface area contributed by atoms with Crippen LogP contribution in [-0.2, 0) is 32.6 Å². The van der Waals surface area contributed by atoms with Gasteiger partial charge in [-0.25, -0.2) is 12.8 Å². The summed E-state index contributed by atoms with van der Waals surface area (Å²) in [6, 6.07) is 19.9. The minimum Gasteiger partial charge on any atom is -0.352 e. The Morgan fingerprint density at radius 3 is 2.12 bits per heavy atom. The minimum absolute atomic E-state index is 0.0202. The maximum atomic E-state index is 13.9. The highest BCUT2D eigenvalue weighted by Gasteiger charge is 2.33. The summed E-state index contributed by atoms with van der Waals surface area (Å²) in [5.41, 5.74) is 2.00. The molecular formula is C31H36FN3O4S. The van der Waals surface area contributed by atoms with Crippen LogP contribution >= 0.6 is 0 Å². The molecule has 1 aliphatic rings. The lowest BCUT2D eigenvalue weighted by Gasteiger charge is -2.32. The standard InChI is InChI=1S/C31H36FN3O4S/c1-3-24-15-19-28(20-16-24)35(40(38,39)29-11-5-4-6-12-29)22-30(36)34(21-25-13-17-26(32)18-14-25)23(2)31(37)33-27-9-7-8-10-27/h4-6,11-20,23,27H,3,7-10,21-22H2,1-2H3,(H,33,37)/t23-/m0/s1. The van der Waals surface area contributed by atoms with E-state index in [9.17, 15) is 22.4 Å². The number of halogens is 1. The number of hydrogen-bond donors (Lipinski definition) is 1. The molecule has 1 saturated carbocycles. The summed E-state index contributed by atoms with van der Waals surface area (Å²) < 4.78 is 42.3. The van der Waals surface area contributed by atoms with Crippen molar-refractivity contribution in [1.29, 1.82) is 0 Å². The Labute approximate surface area is 236 Å². The predicted molar refractivity (Wildman–Crippen MR) is 154 cm³/mol. The molecule has 0 spiro atoms. The number of nitrogens with one attached hydrogen (secondary N) is 1. The molecule has 0 heterocycles. The van der Waals surface area contributed by atoms with Crippen LogP contribution in [-0.4, -0.2) is 43.8 Å². The van der Waals surface area contributed by atoms with Gasteiger partial charge in [-0.15, -0.1) is 0 Å². The summed E-state index contributed by atoms with van der Waals surface area (Å²) in [6.45, 7) is 3.15. The van der Waals surface area contributed by atoms with E-state index in [4.69, 9.17) is 0 Å². The monoisotopic (exact) mass is 565 g/mol. The minimum atomic E-state index is -4.11. The zero-order valence-electron chi connectivity index (χ0n) is 22.9. The molecule has 1 fully saturated rings. The first-order valence-electron chi connectivity index (χ1n) is 13.7. The Bertz CT molecular complexity index is 1390. The maximum Gasteiger partial charge on any atom is 0.264 e. The first-order chi connectivity index (χ1) is 19.2. The van der Waals surface area contributed by atoms with E-state index in [0.29, 0.717) is 11.3 Å². The Hall–Kier alpha value is -3.72. The van der Waals surface area contributed by atoms with E-state index in [2.05, 4.69) is 5.32 Å². The van der Waals surface area contributed by atoms with Crippen molar-refractivity contribution < 1.29 is 22.4 Å². The molecule has 4 rings (SSSR count). The van der Waals surface area contributed by atoms with Gasteiger partial charge in [0.2, 0.25) is 11.8 Å². The van der Waals surface area contributed by atoms with Gasteiger partial charge in [-0.05, 0) is 73.7 Å². The van der Waals surface area contributed by atoms with Crippen molar-refractivity contribution in [2.24, 2.45) is 0 Å². The van der Waals surface area contributed by atoms with Gasteiger partial charge < -0.3 is 10.2 Å². The molecule has 40 heavy (non-hydrogen) atoms. The largest absolute Gasteiger partial charge is 0.352 e. The molecule has 3 aromatic carbocycles. The second kappa shape index (κ2) is 13.1. The van der Waals surface area contributed by atoms with Gasteiger partial charge in [-0.3, -0.25) is 13.9 Å². The molecular weight excluding hydrogens is 529 g/mol. The van der Waals surface area contributed by atoms with Crippen molar-refractivity contribution in [2.75, 3.05) is 10.8 Å². The van der Waals surface area contributed by atoms with Crippen LogP contribution in [0, 0.1) is 5.82 Å². The highest BCUT2D eigenvalue weighted by atomic mass is 32.2. The SMILES string of the molecule is CCc1ccc(N(CC(=O)N(Cc2ccc(F)cc2)[C@@H](C)C(=O)NC2CCCC2)S(=O)(=O)c2ccccc2)cc1. The third-order valence-electron chi connectivity index (χ3n) is 7.38. The number of anilines is 1. The molecule has 0 saturated heterocycles. The lowest BCUT2D eigenvalue weighted by molar-refractivity contribution is -0.139. The van der Waals surface area contributed by atoms with Crippen LogP contribution in [0.3, 0.4) is 0 Å². The number of benzene rings is 3. The fourth-order valence-corrected chi connectivity index (χ4v) is 6.34. The van der Waals surface area contributed by atoms with E-state index < -0.39 is 34.3 Å². The number of carbonyl (C=O) groups is 2. The van der Waals surface area contributed by atoms with Gasteiger partial charge in [-0.1, -0.05) is 62.2 Å². The van der Waals surface area contributed by atoms with E-state index in [1.54, 1.807) is 49.4 Å². The molecule has 0 bridgehead atoms. The molecule has 2 amide bonds. The third kappa shape index (κ3) is 7.07. The number of carbonyl (C=O) groups excluding carboxylic acids is 2. The third-order valence-corrected chi connectivity index (χ3v) is 9.17. The Morgan fingerprint density at radius 1 is 0.925 bits per heavy atom. The molecule has 1 atom stereocenters. The number of amides is 2. The van der Waals surface area contributed by atoms with Crippen molar-refractivity contribution in [2.45, 2.75) is 69.5 Å². The van der Waals surface area contributed by atoms with Crippen LogP contribution in [0.2, 0.25) is 0 Å². The molecule has 0 unspecified atom stereocenters. The smallest absolute Gasteiger partial charge is 0.264 e. The molecule has 0 aromatic heterocycles. The van der Waals surface area contributed by atoms with Gasteiger partial charge in [0.05, 0.1) is 10.6 Å². The number of sulfonamides is 1. The maximum absolute atomic E-state index is 13.9. The van der Waals surface area contributed by atoms with Gasteiger partial charge >= 0.3 is 0 Å². The summed E-state index contributed by atoms with van der Waals surface area (Å²) >= 11 is 0.